The Morgan fingerprint density at radius 2 is 2.22 bits per heavy atom. The third-order valence-corrected chi connectivity index (χ3v) is 6.65. The molecule has 9 heteroatoms. The highest BCUT2D eigenvalue weighted by Crippen LogP contribution is 2.42. The van der Waals surface area contributed by atoms with Crippen molar-refractivity contribution >= 4 is 33.0 Å². The predicted octanol–water partition coefficient (Wildman–Crippen LogP) is 2.94. The van der Waals surface area contributed by atoms with Crippen LogP contribution < -0.4 is 0 Å². The van der Waals surface area contributed by atoms with Gasteiger partial charge in [0.05, 0.1) is 17.5 Å². The van der Waals surface area contributed by atoms with Crippen molar-refractivity contribution in [2.45, 2.75) is 45.4 Å². The van der Waals surface area contributed by atoms with E-state index in [4.69, 9.17) is 0 Å². The Bertz CT molecular complexity index is 1080. The Morgan fingerprint density at radius 3 is 3.04 bits per heavy atom. The Hall–Kier alpha value is -2.29. The van der Waals surface area contributed by atoms with Gasteiger partial charge >= 0.3 is 0 Å². The summed E-state index contributed by atoms with van der Waals surface area (Å²) >= 11 is 0. The number of hydrogen-bond donors (Lipinski definition) is 1. The van der Waals surface area contributed by atoms with Crippen LogP contribution in [0.4, 0.5) is 0 Å². The third-order valence-electron chi connectivity index (χ3n) is 5.40. The number of H-pyrrole nitrogens is 1. The molecule has 0 bridgehead atoms. The average Bonchev–Trinajstić information content (AvgIpc) is 3.35. The molecule has 3 aromatic rings. The lowest BCUT2D eigenvalue weighted by molar-refractivity contribution is 0.507. The van der Waals surface area contributed by atoms with E-state index in [-0.39, 0.29) is 17.6 Å². The molecule has 1 saturated carbocycles. The number of hydrogen-bond acceptors (Lipinski definition) is 5. The monoisotopic (exact) mass is 388 g/mol. The summed E-state index contributed by atoms with van der Waals surface area (Å²) in [5.74, 6) is 1.75. The molecule has 0 aromatic carbocycles. The molecule has 1 fully saturated rings. The van der Waals surface area contributed by atoms with Gasteiger partial charge in [-0.15, -0.1) is 10.2 Å². The van der Waals surface area contributed by atoms with Crippen LogP contribution in [0.1, 0.15) is 51.3 Å². The lowest BCUT2D eigenvalue weighted by Gasteiger charge is -2.13. The number of nitrogens with zero attached hydrogens (tertiary/aromatic N) is 5. The minimum Gasteiger partial charge on any atom is -0.345 e. The first-order valence-corrected chi connectivity index (χ1v) is 11.0. The molecule has 0 spiro atoms. The number of rotatable bonds is 6. The van der Waals surface area contributed by atoms with Crippen LogP contribution in [0.2, 0.25) is 0 Å². The molecule has 3 atom stereocenters. The maximum absolute atomic E-state index is 12.0. The standard InChI is InChI=1S/C18H24N6O2S/c1-3-4-7-27(25,26)21-10-13-8-12(2)14(9-13)18-23-22-16-11-20-17-15(24(16)18)5-6-19-17/h5-6,10-14,19H,3-4,7-9H2,1-2H3/t12-,13?,14+/m1/s1. The summed E-state index contributed by atoms with van der Waals surface area (Å²) in [4.78, 5) is 7.47. The van der Waals surface area contributed by atoms with Crippen molar-refractivity contribution in [2.75, 3.05) is 5.75 Å². The van der Waals surface area contributed by atoms with Crippen LogP contribution in [-0.2, 0) is 10.0 Å². The summed E-state index contributed by atoms with van der Waals surface area (Å²) in [5, 5.41) is 8.72. The zero-order valence-corrected chi connectivity index (χ0v) is 16.4. The molecule has 1 unspecified atom stereocenters. The number of nitrogens with one attached hydrogen (secondary N) is 1. The lowest BCUT2D eigenvalue weighted by atomic mass is 9.97. The van der Waals surface area contributed by atoms with E-state index in [0.29, 0.717) is 12.3 Å². The highest BCUT2D eigenvalue weighted by Gasteiger charge is 2.35. The van der Waals surface area contributed by atoms with E-state index < -0.39 is 10.0 Å². The van der Waals surface area contributed by atoms with E-state index in [2.05, 4.69) is 35.9 Å². The molecule has 0 saturated heterocycles. The summed E-state index contributed by atoms with van der Waals surface area (Å²) in [5.41, 5.74) is 2.48. The minimum absolute atomic E-state index is 0.124. The van der Waals surface area contributed by atoms with E-state index in [0.717, 1.165) is 41.9 Å². The molecule has 0 radical (unpaired) electrons. The second-order valence-electron chi connectivity index (χ2n) is 7.43. The highest BCUT2D eigenvalue weighted by atomic mass is 32.2. The van der Waals surface area contributed by atoms with E-state index in [1.165, 1.54) is 0 Å². The maximum atomic E-state index is 12.0. The predicted molar refractivity (Wildman–Crippen MR) is 104 cm³/mol. The van der Waals surface area contributed by atoms with Crippen molar-refractivity contribution < 1.29 is 8.42 Å². The van der Waals surface area contributed by atoms with Gasteiger partial charge in [0, 0.05) is 18.3 Å². The Balaban J connectivity index is 1.59. The summed E-state index contributed by atoms with van der Waals surface area (Å²) in [6, 6.07) is 1.97. The van der Waals surface area contributed by atoms with Crippen LogP contribution in [-0.4, -0.2) is 45.0 Å². The van der Waals surface area contributed by atoms with E-state index in [9.17, 15) is 8.42 Å². The van der Waals surface area contributed by atoms with Crippen molar-refractivity contribution in [2.24, 2.45) is 16.2 Å². The zero-order valence-electron chi connectivity index (χ0n) is 15.5. The summed E-state index contributed by atoms with van der Waals surface area (Å²) in [6.45, 7) is 4.16. The molecule has 1 aliphatic rings. The first-order chi connectivity index (χ1) is 13.0. The lowest BCUT2D eigenvalue weighted by Crippen LogP contribution is -2.08. The van der Waals surface area contributed by atoms with Gasteiger partial charge in [0.2, 0.25) is 0 Å². The van der Waals surface area contributed by atoms with Gasteiger partial charge in [-0.2, -0.15) is 4.40 Å². The topological polar surface area (TPSA) is 105 Å². The summed E-state index contributed by atoms with van der Waals surface area (Å²) in [6.07, 6.45) is 8.42. The van der Waals surface area contributed by atoms with E-state index in [1.54, 1.807) is 12.4 Å². The largest absolute Gasteiger partial charge is 0.345 e. The molecule has 4 rings (SSSR count). The molecule has 27 heavy (non-hydrogen) atoms. The van der Waals surface area contributed by atoms with Crippen LogP contribution in [0.25, 0.3) is 16.8 Å². The van der Waals surface area contributed by atoms with Crippen molar-refractivity contribution in [1.82, 2.24) is 24.6 Å². The third kappa shape index (κ3) is 3.47. The van der Waals surface area contributed by atoms with Gasteiger partial charge < -0.3 is 4.98 Å². The van der Waals surface area contributed by atoms with Gasteiger partial charge in [-0.25, -0.2) is 13.4 Å². The zero-order chi connectivity index (χ0) is 19.0. The molecule has 1 aliphatic carbocycles. The Morgan fingerprint density at radius 1 is 1.37 bits per heavy atom. The Labute approximate surface area is 158 Å². The van der Waals surface area contributed by atoms with Crippen LogP contribution >= 0.6 is 0 Å². The molecule has 3 heterocycles. The van der Waals surface area contributed by atoms with Crippen molar-refractivity contribution in [3.63, 3.8) is 0 Å². The SMILES string of the molecule is CCCCS(=O)(=O)N=CC1C[C@@H](C)[C@@H](c2nnc3cnc4[nH]ccc4n23)C1. The van der Waals surface area contributed by atoms with Gasteiger partial charge in [0.25, 0.3) is 10.0 Å². The van der Waals surface area contributed by atoms with E-state index in [1.807, 2.05) is 19.2 Å². The molecular formula is C18H24N6O2S. The smallest absolute Gasteiger partial charge is 0.252 e. The van der Waals surface area contributed by atoms with Gasteiger partial charge in [0.15, 0.2) is 11.3 Å². The second kappa shape index (κ2) is 7.03. The quantitative estimate of drug-likeness (QED) is 0.654. The van der Waals surface area contributed by atoms with Gasteiger partial charge in [-0.05, 0) is 37.2 Å². The van der Waals surface area contributed by atoms with Gasteiger partial charge in [-0.3, -0.25) is 4.40 Å². The number of unbranched alkanes of at least 4 members (excludes halogenated alkanes) is 1. The van der Waals surface area contributed by atoms with Gasteiger partial charge in [-0.1, -0.05) is 20.3 Å². The normalized spacial score (nSPS) is 23.9. The number of fused-ring (bicyclic) bond motifs is 3. The molecule has 8 nitrogen and oxygen atoms in total. The average molecular weight is 388 g/mol. The molecule has 3 aromatic heterocycles. The second-order valence-corrected chi connectivity index (χ2v) is 9.21. The fourth-order valence-corrected chi connectivity index (χ4v) is 5.09. The number of aromatic nitrogens is 5. The highest BCUT2D eigenvalue weighted by molar-refractivity contribution is 7.90. The van der Waals surface area contributed by atoms with Crippen molar-refractivity contribution in [3.05, 3.63) is 24.3 Å². The minimum atomic E-state index is -3.35. The molecule has 144 valence electrons. The molecule has 1 N–H and O–H groups in total. The first-order valence-electron chi connectivity index (χ1n) is 9.43. The first kappa shape index (κ1) is 18.1. The number of aromatic amines is 1. The maximum Gasteiger partial charge on any atom is 0.252 e. The van der Waals surface area contributed by atoms with Crippen molar-refractivity contribution in [1.29, 1.82) is 0 Å². The summed E-state index contributed by atoms with van der Waals surface area (Å²) in [7, 11) is -3.35. The molecular weight excluding hydrogens is 364 g/mol. The Kier molecular flexibility index (Phi) is 4.71. The van der Waals surface area contributed by atoms with Crippen LogP contribution in [0.15, 0.2) is 22.9 Å². The molecule has 0 aliphatic heterocycles. The number of sulfonamides is 1. The van der Waals surface area contributed by atoms with E-state index >= 15 is 0 Å². The summed E-state index contributed by atoms with van der Waals surface area (Å²) < 4.78 is 30.0. The van der Waals surface area contributed by atoms with Crippen LogP contribution in [0.5, 0.6) is 0 Å². The van der Waals surface area contributed by atoms with Crippen LogP contribution in [0, 0.1) is 11.8 Å². The van der Waals surface area contributed by atoms with Gasteiger partial charge in [0.1, 0.15) is 5.82 Å². The van der Waals surface area contributed by atoms with Crippen molar-refractivity contribution in [3.8, 4) is 0 Å². The fraction of sp³-hybridized carbons (Fsp3) is 0.556. The molecule has 0 amide bonds. The fourth-order valence-electron chi connectivity index (χ4n) is 3.97. The van der Waals surface area contributed by atoms with Crippen LogP contribution in [0.3, 0.4) is 0 Å².